The van der Waals surface area contributed by atoms with Crippen LogP contribution in [0.2, 0.25) is 0 Å². The third-order valence-electron chi connectivity index (χ3n) is 3.03. The van der Waals surface area contributed by atoms with Gasteiger partial charge in [-0.05, 0) is 32.0 Å². The monoisotopic (exact) mass is 273 g/mol. The number of ether oxygens (including phenoxy) is 1. The lowest BCUT2D eigenvalue weighted by atomic mass is 10.1. The predicted molar refractivity (Wildman–Crippen MR) is 69.6 cm³/mol. The summed E-state index contributed by atoms with van der Waals surface area (Å²) in [6, 6.07) is 5.91. The van der Waals surface area contributed by atoms with E-state index in [1.54, 1.807) is 12.1 Å². The maximum Gasteiger partial charge on any atom is 0.341 e. The average molecular weight is 274 g/mol. The summed E-state index contributed by atoms with van der Waals surface area (Å²) in [4.78, 5) is 13.9. The van der Waals surface area contributed by atoms with Crippen LogP contribution in [0, 0.1) is 5.82 Å². The first-order valence-electron chi connectivity index (χ1n) is 5.81. The zero-order chi connectivity index (χ0) is 12.3. The van der Waals surface area contributed by atoms with Crippen molar-refractivity contribution in [1.29, 1.82) is 0 Å². The minimum Gasteiger partial charge on any atom is -0.459 e. The molecule has 18 heavy (non-hydrogen) atoms. The number of likely N-dealkylation sites (tertiary alicyclic amines) is 1. The molecule has 0 N–H and O–H groups in total. The molecule has 0 bridgehead atoms. The van der Waals surface area contributed by atoms with E-state index in [2.05, 4.69) is 4.90 Å². The second-order valence-electron chi connectivity index (χ2n) is 4.39. The van der Waals surface area contributed by atoms with Crippen molar-refractivity contribution in [3.8, 4) is 0 Å². The predicted octanol–water partition coefficient (Wildman–Crippen LogP) is 2.50. The van der Waals surface area contributed by atoms with Gasteiger partial charge in [0.25, 0.3) is 0 Å². The van der Waals surface area contributed by atoms with Crippen molar-refractivity contribution in [2.45, 2.75) is 18.9 Å². The van der Waals surface area contributed by atoms with Gasteiger partial charge in [0, 0.05) is 13.1 Å². The Bertz CT molecular complexity index is 406. The third kappa shape index (κ3) is 3.68. The molecule has 3 nitrogen and oxygen atoms in total. The Kier molecular flexibility index (Phi) is 5.56. The fraction of sp³-hybridized carbons (Fsp3) is 0.462. The number of carbonyl (C=O) groups excluding carboxylic acids is 1. The fourth-order valence-corrected chi connectivity index (χ4v) is 1.94. The zero-order valence-electron chi connectivity index (χ0n) is 10.3. The lowest BCUT2D eigenvalue weighted by molar-refractivity contribution is 0.0135. The molecule has 1 saturated heterocycles. The molecule has 1 aliphatic heterocycles. The van der Waals surface area contributed by atoms with Crippen molar-refractivity contribution in [3.05, 3.63) is 35.6 Å². The number of benzene rings is 1. The summed E-state index contributed by atoms with van der Waals surface area (Å²) in [7, 11) is 2.04. The minimum atomic E-state index is -0.558. The number of rotatable bonds is 2. The first kappa shape index (κ1) is 14.9. The van der Waals surface area contributed by atoms with Crippen LogP contribution in [0.1, 0.15) is 23.2 Å². The molecule has 0 saturated carbocycles. The maximum absolute atomic E-state index is 13.3. The zero-order valence-corrected chi connectivity index (χ0v) is 11.1. The number of carbonyl (C=O) groups is 1. The number of nitrogens with zero attached hydrogens (tertiary/aromatic N) is 1. The van der Waals surface area contributed by atoms with Gasteiger partial charge in [0.05, 0.1) is 5.56 Å². The van der Waals surface area contributed by atoms with Crippen molar-refractivity contribution >= 4 is 18.4 Å². The molecular weight excluding hydrogens is 257 g/mol. The smallest absolute Gasteiger partial charge is 0.341 e. The van der Waals surface area contributed by atoms with Crippen LogP contribution in [-0.2, 0) is 4.74 Å². The molecule has 0 atom stereocenters. The Labute approximate surface area is 112 Å². The summed E-state index contributed by atoms with van der Waals surface area (Å²) >= 11 is 0. The second-order valence-corrected chi connectivity index (χ2v) is 4.39. The van der Waals surface area contributed by atoms with E-state index in [4.69, 9.17) is 4.74 Å². The van der Waals surface area contributed by atoms with E-state index in [9.17, 15) is 9.18 Å². The molecule has 1 heterocycles. The summed E-state index contributed by atoms with van der Waals surface area (Å²) in [5.41, 5.74) is 0.0198. The third-order valence-corrected chi connectivity index (χ3v) is 3.03. The molecule has 100 valence electrons. The Morgan fingerprint density at radius 3 is 2.56 bits per heavy atom. The van der Waals surface area contributed by atoms with Gasteiger partial charge in [-0.1, -0.05) is 12.1 Å². The van der Waals surface area contributed by atoms with E-state index < -0.39 is 11.8 Å². The first-order valence-corrected chi connectivity index (χ1v) is 5.81. The van der Waals surface area contributed by atoms with Crippen molar-refractivity contribution < 1.29 is 13.9 Å². The summed E-state index contributed by atoms with van der Waals surface area (Å²) in [6.45, 7) is 1.82. The van der Waals surface area contributed by atoms with Crippen LogP contribution in [-0.4, -0.2) is 37.1 Å². The molecule has 1 aromatic rings. The van der Waals surface area contributed by atoms with E-state index >= 15 is 0 Å². The number of hydrogen-bond acceptors (Lipinski definition) is 3. The lowest BCUT2D eigenvalue weighted by Gasteiger charge is -2.28. The van der Waals surface area contributed by atoms with Gasteiger partial charge >= 0.3 is 5.97 Å². The highest BCUT2D eigenvalue weighted by Gasteiger charge is 2.22. The highest BCUT2D eigenvalue weighted by atomic mass is 35.5. The van der Waals surface area contributed by atoms with Gasteiger partial charge < -0.3 is 9.64 Å². The molecular formula is C13H17ClFNO2. The maximum atomic E-state index is 13.3. The van der Waals surface area contributed by atoms with Crippen molar-refractivity contribution in [2.24, 2.45) is 0 Å². The van der Waals surface area contributed by atoms with Crippen LogP contribution < -0.4 is 0 Å². The second kappa shape index (κ2) is 6.71. The first-order chi connectivity index (χ1) is 8.16. The Morgan fingerprint density at radius 2 is 1.94 bits per heavy atom. The molecule has 1 aromatic carbocycles. The van der Waals surface area contributed by atoms with Crippen LogP contribution in [0.5, 0.6) is 0 Å². The molecule has 1 aliphatic rings. The van der Waals surface area contributed by atoms with E-state index in [1.807, 2.05) is 7.05 Å². The lowest BCUT2D eigenvalue weighted by Crippen LogP contribution is -2.35. The van der Waals surface area contributed by atoms with Gasteiger partial charge in [-0.3, -0.25) is 0 Å². The van der Waals surface area contributed by atoms with Gasteiger partial charge in [0.1, 0.15) is 11.9 Å². The average Bonchev–Trinajstić information content (AvgIpc) is 2.32. The van der Waals surface area contributed by atoms with Crippen LogP contribution in [0.15, 0.2) is 24.3 Å². The molecule has 1 fully saturated rings. The minimum absolute atomic E-state index is 0. The Morgan fingerprint density at radius 1 is 1.33 bits per heavy atom. The normalized spacial score (nSPS) is 17.0. The number of halogens is 2. The largest absolute Gasteiger partial charge is 0.459 e. The highest BCUT2D eigenvalue weighted by molar-refractivity contribution is 5.89. The molecule has 0 unspecified atom stereocenters. The number of esters is 1. The van der Waals surface area contributed by atoms with E-state index in [-0.39, 0.29) is 24.1 Å². The van der Waals surface area contributed by atoms with Gasteiger partial charge in [-0.2, -0.15) is 0 Å². The van der Waals surface area contributed by atoms with Crippen LogP contribution in [0.4, 0.5) is 4.39 Å². The van der Waals surface area contributed by atoms with Gasteiger partial charge in [-0.25, -0.2) is 9.18 Å². The SMILES string of the molecule is CN1CCC(OC(=O)c2ccccc2F)CC1.Cl. The molecule has 0 spiro atoms. The summed E-state index contributed by atoms with van der Waals surface area (Å²) in [5, 5.41) is 0. The van der Waals surface area contributed by atoms with Crippen molar-refractivity contribution in [2.75, 3.05) is 20.1 Å². The molecule has 2 rings (SSSR count). The topological polar surface area (TPSA) is 29.5 Å². The molecule has 0 radical (unpaired) electrons. The highest BCUT2D eigenvalue weighted by Crippen LogP contribution is 2.15. The van der Waals surface area contributed by atoms with E-state index in [1.165, 1.54) is 12.1 Å². The van der Waals surface area contributed by atoms with Crippen molar-refractivity contribution in [3.63, 3.8) is 0 Å². The molecule has 0 aliphatic carbocycles. The summed E-state index contributed by atoms with van der Waals surface area (Å²) < 4.78 is 18.6. The standard InChI is InChI=1S/C13H16FNO2.ClH/c1-15-8-6-10(7-9-15)17-13(16)11-4-2-3-5-12(11)14;/h2-5,10H,6-9H2,1H3;1H. The number of piperidine rings is 1. The van der Waals surface area contributed by atoms with Crippen LogP contribution in [0.3, 0.4) is 0 Å². The number of hydrogen-bond donors (Lipinski definition) is 0. The molecule has 5 heteroatoms. The van der Waals surface area contributed by atoms with E-state index in [0.717, 1.165) is 25.9 Å². The van der Waals surface area contributed by atoms with Gasteiger partial charge in [-0.15, -0.1) is 12.4 Å². The summed E-state index contributed by atoms with van der Waals surface area (Å²) in [6.07, 6.45) is 1.55. The quantitative estimate of drug-likeness (QED) is 0.776. The molecule has 0 amide bonds. The Hall–Kier alpha value is -1.13. The van der Waals surface area contributed by atoms with Gasteiger partial charge in [0.15, 0.2) is 0 Å². The fourth-order valence-electron chi connectivity index (χ4n) is 1.94. The van der Waals surface area contributed by atoms with Gasteiger partial charge in [0.2, 0.25) is 0 Å². The Balaban J connectivity index is 0.00000162. The summed E-state index contributed by atoms with van der Waals surface area (Å²) in [5.74, 6) is -1.08. The van der Waals surface area contributed by atoms with Crippen LogP contribution >= 0.6 is 12.4 Å². The van der Waals surface area contributed by atoms with Crippen LogP contribution in [0.25, 0.3) is 0 Å². The van der Waals surface area contributed by atoms with Crippen molar-refractivity contribution in [1.82, 2.24) is 4.90 Å². The van der Waals surface area contributed by atoms with E-state index in [0.29, 0.717) is 0 Å². The molecule has 0 aromatic heterocycles.